The topological polar surface area (TPSA) is 71.1 Å². The van der Waals surface area contributed by atoms with Crippen LogP contribution in [-0.2, 0) is 19.1 Å². The molecule has 0 spiro atoms. The van der Waals surface area contributed by atoms with Crippen LogP contribution in [0, 0.1) is 0 Å². The molecule has 0 saturated heterocycles. The van der Waals surface area contributed by atoms with Crippen molar-refractivity contribution >= 4 is 11.9 Å². The van der Waals surface area contributed by atoms with E-state index in [2.05, 4.69) is 9.47 Å². The minimum Gasteiger partial charge on any atom is -0.457 e. The first-order chi connectivity index (χ1) is 8.58. The summed E-state index contributed by atoms with van der Waals surface area (Å²) in [4.78, 5) is 21.1. The molecule has 0 unspecified atom stereocenters. The number of hydrogen-bond acceptors (Lipinski definition) is 6. The van der Waals surface area contributed by atoms with E-state index in [9.17, 15) is 9.59 Å². The lowest BCUT2D eigenvalue weighted by Crippen LogP contribution is -2.08. The maximum Gasteiger partial charge on any atom is 0.305 e. The predicted octanol–water partition coefficient (Wildman–Crippen LogP) is 1.49. The molecule has 0 fully saturated rings. The lowest BCUT2D eigenvalue weighted by Gasteiger charge is -2.09. The molecule has 0 aliphatic carbocycles. The third-order valence-electron chi connectivity index (χ3n) is 1.78. The van der Waals surface area contributed by atoms with Gasteiger partial charge in [-0.15, -0.1) is 0 Å². The standard InChI is InChI=1S/C12H14O6/c1-9(13)15-7-17-11-4-3-5-12(6-11)18-8-16-10(2)14/h3-6H,7-8H2,1-2H3. The first-order valence-electron chi connectivity index (χ1n) is 5.20. The summed E-state index contributed by atoms with van der Waals surface area (Å²) >= 11 is 0. The molecule has 18 heavy (non-hydrogen) atoms. The molecule has 0 atom stereocenters. The maximum atomic E-state index is 10.5. The molecule has 0 saturated carbocycles. The highest BCUT2D eigenvalue weighted by atomic mass is 16.7. The van der Waals surface area contributed by atoms with Crippen molar-refractivity contribution in [1.82, 2.24) is 0 Å². The van der Waals surface area contributed by atoms with Crippen LogP contribution >= 0.6 is 0 Å². The first kappa shape index (κ1) is 13.8. The second-order valence-corrected chi connectivity index (χ2v) is 3.27. The van der Waals surface area contributed by atoms with Gasteiger partial charge >= 0.3 is 11.9 Å². The number of carbonyl (C=O) groups is 2. The van der Waals surface area contributed by atoms with Gasteiger partial charge in [-0.3, -0.25) is 9.59 Å². The fourth-order valence-corrected chi connectivity index (χ4v) is 1.01. The van der Waals surface area contributed by atoms with Crippen LogP contribution < -0.4 is 9.47 Å². The smallest absolute Gasteiger partial charge is 0.305 e. The normalized spacial score (nSPS) is 9.44. The van der Waals surface area contributed by atoms with E-state index in [0.29, 0.717) is 11.5 Å². The van der Waals surface area contributed by atoms with E-state index < -0.39 is 11.9 Å². The predicted molar refractivity (Wildman–Crippen MR) is 61.0 cm³/mol. The highest BCUT2D eigenvalue weighted by molar-refractivity contribution is 5.66. The molecule has 0 bridgehead atoms. The van der Waals surface area contributed by atoms with E-state index in [1.807, 2.05) is 0 Å². The molecule has 0 amide bonds. The average molecular weight is 254 g/mol. The summed E-state index contributed by atoms with van der Waals surface area (Å²) in [5.74, 6) is 0.127. The van der Waals surface area contributed by atoms with Gasteiger partial charge in [0.1, 0.15) is 11.5 Å². The second kappa shape index (κ2) is 7.16. The van der Waals surface area contributed by atoms with Gasteiger partial charge in [-0.2, -0.15) is 0 Å². The van der Waals surface area contributed by atoms with Crippen LogP contribution in [0.1, 0.15) is 13.8 Å². The number of benzene rings is 1. The SMILES string of the molecule is CC(=O)OCOc1cccc(OCOC(C)=O)c1. The molecule has 0 aliphatic heterocycles. The molecule has 1 aromatic carbocycles. The van der Waals surface area contributed by atoms with Gasteiger partial charge in [0.15, 0.2) is 0 Å². The monoisotopic (exact) mass is 254 g/mol. The Morgan fingerprint density at radius 2 is 1.39 bits per heavy atom. The quantitative estimate of drug-likeness (QED) is 0.565. The van der Waals surface area contributed by atoms with E-state index in [4.69, 9.17) is 9.47 Å². The van der Waals surface area contributed by atoms with Crippen molar-refractivity contribution in [3.63, 3.8) is 0 Å². The van der Waals surface area contributed by atoms with Crippen molar-refractivity contribution in [3.8, 4) is 11.5 Å². The minimum absolute atomic E-state index is 0.164. The van der Waals surface area contributed by atoms with Crippen LogP contribution in [0.3, 0.4) is 0 Å². The molecule has 0 N–H and O–H groups in total. The van der Waals surface area contributed by atoms with E-state index in [0.717, 1.165) is 0 Å². The van der Waals surface area contributed by atoms with Crippen LogP contribution in [-0.4, -0.2) is 25.5 Å². The van der Waals surface area contributed by atoms with Gasteiger partial charge < -0.3 is 18.9 Å². The first-order valence-corrected chi connectivity index (χ1v) is 5.20. The highest BCUT2D eigenvalue weighted by Crippen LogP contribution is 2.19. The Labute approximate surface area is 104 Å². The Kier molecular flexibility index (Phi) is 5.50. The van der Waals surface area contributed by atoms with Crippen molar-refractivity contribution in [3.05, 3.63) is 24.3 Å². The summed E-state index contributed by atoms with van der Waals surface area (Å²) in [5.41, 5.74) is 0. The Balaban J connectivity index is 2.41. The van der Waals surface area contributed by atoms with Crippen LogP contribution in [0.4, 0.5) is 0 Å². The number of esters is 2. The zero-order valence-corrected chi connectivity index (χ0v) is 10.2. The van der Waals surface area contributed by atoms with Crippen molar-refractivity contribution < 1.29 is 28.5 Å². The van der Waals surface area contributed by atoms with Crippen molar-refractivity contribution in [1.29, 1.82) is 0 Å². The lowest BCUT2D eigenvalue weighted by molar-refractivity contribution is -0.148. The molecule has 0 aromatic heterocycles. The molecule has 6 nitrogen and oxygen atoms in total. The van der Waals surface area contributed by atoms with E-state index in [-0.39, 0.29) is 13.6 Å². The Hall–Kier alpha value is -2.24. The van der Waals surface area contributed by atoms with Gasteiger partial charge in [0.05, 0.1) is 0 Å². The summed E-state index contributed by atoms with van der Waals surface area (Å²) in [5, 5.41) is 0. The van der Waals surface area contributed by atoms with Crippen molar-refractivity contribution in [2.75, 3.05) is 13.6 Å². The third kappa shape index (κ3) is 5.74. The highest BCUT2D eigenvalue weighted by Gasteiger charge is 2.00. The molecule has 0 radical (unpaired) electrons. The molecule has 0 heterocycles. The van der Waals surface area contributed by atoms with Crippen molar-refractivity contribution in [2.45, 2.75) is 13.8 Å². The third-order valence-corrected chi connectivity index (χ3v) is 1.78. The van der Waals surface area contributed by atoms with E-state index in [1.54, 1.807) is 24.3 Å². The number of rotatable bonds is 6. The van der Waals surface area contributed by atoms with Crippen LogP contribution in [0.5, 0.6) is 11.5 Å². The molecule has 0 aliphatic rings. The second-order valence-electron chi connectivity index (χ2n) is 3.27. The van der Waals surface area contributed by atoms with Crippen LogP contribution in [0.15, 0.2) is 24.3 Å². The van der Waals surface area contributed by atoms with Gasteiger partial charge in [0.25, 0.3) is 0 Å². The summed E-state index contributed by atoms with van der Waals surface area (Å²) in [6, 6.07) is 6.66. The molecular weight excluding hydrogens is 240 g/mol. The van der Waals surface area contributed by atoms with E-state index >= 15 is 0 Å². The fraction of sp³-hybridized carbons (Fsp3) is 0.333. The van der Waals surface area contributed by atoms with Gasteiger partial charge in [-0.1, -0.05) is 6.07 Å². The Bertz CT molecular complexity index is 380. The Morgan fingerprint density at radius 1 is 0.944 bits per heavy atom. The minimum atomic E-state index is -0.419. The molecule has 6 heteroatoms. The fourth-order valence-electron chi connectivity index (χ4n) is 1.01. The van der Waals surface area contributed by atoms with Gasteiger partial charge in [0.2, 0.25) is 13.6 Å². The molecule has 98 valence electrons. The Morgan fingerprint density at radius 3 is 1.78 bits per heavy atom. The summed E-state index contributed by atoms with van der Waals surface area (Å²) in [6.07, 6.45) is 0. The number of ether oxygens (including phenoxy) is 4. The molecule has 1 rings (SSSR count). The molecule has 1 aromatic rings. The zero-order chi connectivity index (χ0) is 13.4. The van der Waals surface area contributed by atoms with Gasteiger partial charge in [-0.25, -0.2) is 0 Å². The van der Waals surface area contributed by atoms with Gasteiger partial charge in [0, 0.05) is 19.9 Å². The maximum absolute atomic E-state index is 10.5. The summed E-state index contributed by atoms with van der Waals surface area (Å²) < 4.78 is 19.6. The largest absolute Gasteiger partial charge is 0.457 e. The van der Waals surface area contributed by atoms with Crippen LogP contribution in [0.2, 0.25) is 0 Å². The average Bonchev–Trinajstić information content (AvgIpc) is 2.28. The zero-order valence-electron chi connectivity index (χ0n) is 10.2. The number of carbonyl (C=O) groups excluding carboxylic acids is 2. The van der Waals surface area contributed by atoms with Crippen molar-refractivity contribution in [2.24, 2.45) is 0 Å². The summed E-state index contributed by atoms with van der Waals surface area (Å²) in [7, 11) is 0. The number of hydrogen-bond donors (Lipinski definition) is 0. The summed E-state index contributed by atoms with van der Waals surface area (Å²) in [6.45, 7) is 2.26. The molecular formula is C12H14O6. The van der Waals surface area contributed by atoms with Crippen LogP contribution in [0.25, 0.3) is 0 Å². The lowest BCUT2D eigenvalue weighted by atomic mass is 10.3. The van der Waals surface area contributed by atoms with Gasteiger partial charge in [-0.05, 0) is 12.1 Å². The van der Waals surface area contributed by atoms with E-state index in [1.165, 1.54) is 13.8 Å².